The minimum Gasteiger partial charge on any atom is -0.393 e. The van der Waals surface area contributed by atoms with Crippen LogP contribution in [-0.4, -0.2) is 48.2 Å². The summed E-state index contributed by atoms with van der Waals surface area (Å²) in [5, 5.41) is 0. The molecule has 0 bridgehead atoms. The van der Waals surface area contributed by atoms with Crippen LogP contribution in [0, 0.1) is 5.92 Å². The second-order valence-electron chi connectivity index (χ2n) is 4.56. The molecule has 0 amide bonds. The van der Waals surface area contributed by atoms with Gasteiger partial charge in [0, 0.05) is 32.6 Å². The van der Waals surface area contributed by atoms with Crippen molar-refractivity contribution >= 4 is 27.4 Å². The van der Waals surface area contributed by atoms with E-state index in [0.29, 0.717) is 37.6 Å². The molecule has 0 fully saturated rings. The van der Waals surface area contributed by atoms with Crippen LogP contribution in [0.3, 0.4) is 0 Å². The van der Waals surface area contributed by atoms with E-state index >= 15 is 0 Å². The molecule has 0 aliphatic carbocycles. The van der Waals surface area contributed by atoms with Crippen molar-refractivity contribution in [3.63, 3.8) is 0 Å². The van der Waals surface area contributed by atoms with Gasteiger partial charge in [0.2, 0.25) is 0 Å². The molecular weight excluding hydrogens is 270 g/mol. The molecule has 0 unspecified atom stereocenters. The van der Waals surface area contributed by atoms with Crippen LogP contribution in [0.2, 0.25) is 0 Å². The van der Waals surface area contributed by atoms with E-state index in [0.717, 1.165) is 0 Å². The van der Waals surface area contributed by atoms with Crippen molar-refractivity contribution < 1.29 is 8.42 Å². The van der Waals surface area contributed by atoms with E-state index in [2.05, 4.69) is 0 Å². The van der Waals surface area contributed by atoms with E-state index in [1.54, 1.807) is 0 Å². The van der Waals surface area contributed by atoms with Gasteiger partial charge in [0.25, 0.3) is 10.2 Å². The SMILES string of the molecule is CCN(CC)S(=O)(=O)N(CCC(N)=S)CC(C)C. The van der Waals surface area contributed by atoms with Crippen molar-refractivity contribution in [2.24, 2.45) is 11.7 Å². The Morgan fingerprint density at radius 1 is 1.22 bits per heavy atom. The molecule has 2 N–H and O–H groups in total. The fraction of sp³-hybridized carbons (Fsp3) is 0.909. The largest absolute Gasteiger partial charge is 0.393 e. The molecule has 7 heteroatoms. The molecule has 0 aromatic carbocycles. The van der Waals surface area contributed by atoms with Gasteiger partial charge in [-0.25, -0.2) is 0 Å². The highest BCUT2D eigenvalue weighted by Crippen LogP contribution is 2.11. The van der Waals surface area contributed by atoms with Gasteiger partial charge in [-0.1, -0.05) is 39.9 Å². The smallest absolute Gasteiger partial charge is 0.281 e. The fourth-order valence-corrected chi connectivity index (χ4v) is 3.54. The number of thiocarbonyl (C=S) groups is 1. The third-order valence-electron chi connectivity index (χ3n) is 2.53. The first-order valence-corrected chi connectivity index (χ1v) is 8.09. The Hall–Kier alpha value is -0.240. The van der Waals surface area contributed by atoms with Crippen molar-refractivity contribution in [3.8, 4) is 0 Å². The van der Waals surface area contributed by atoms with Crippen LogP contribution < -0.4 is 5.73 Å². The Bertz CT molecular complexity index is 351. The van der Waals surface area contributed by atoms with Gasteiger partial charge in [0.05, 0.1) is 4.99 Å². The fourth-order valence-electron chi connectivity index (χ4n) is 1.66. The topological polar surface area (TPSA) is 66.6 Å². The molecule has 0 heterocycles. The molecule has 0 saturated carbocycles. The maximum Gasteiger partial charge on any atom is 0.281 e. The second-order valence-corrected chi connectivity index (χ2v) is 7.01. The summed E-state index contributed by atoms with van der Waals surface area (Å²) < 4.78 is 27.7. The van der Waals surface area contributed by atoms with Gasteiger partial charge in [-0.3, -0.25) is 0 Å². The average Bonchev–Trinajstić information content (AvgIpc) is 2.24. The van der Waals surface area contributed by atoms with Gasteiger partial charge in [-0.15, -0.1) is 0 Å². The third-order valence-corrected chi connectivity index (χ3v) is 4.89. The molecular formula is C11H25N3O2S2. The van der Waals surface area contributed by atoms with Crippen molar-refractivity contribution in [1.82, 2.24) is 8.61 Å². The van der Waals surface area contributed by atoms with Crippen LogP contribution >= 0.6 is 12.2 Å². The summed E-state index contributed by atoms with van der Waals surface area (Å²) in [6.45, 7) is 9.44. The van der Waals surface area contributed by atoms with Crippen LogP contribution in [0.1, 0.15) is 34.1 Å². The summed E-state index contributed by atoms with van der Waals surface area (Å²) in [7, 11) is -3.40. The molecule has 108 valence electrons. The normalized spacial score (nSPS) is 12.6. The lowest BCUT2D eigenvalue weighted by Crippen LogP contribution is -2.46. The summed E-state index contributed by atoms with van der Waals surface area (Å²) in [6, 6.07) is 0. The maximum atomic E-state index is 12.4. The van der Waals surface area contributed by atoms with Crippen molar-refractivity contribution in [3.05, 3.63) is 0 Å². The third kappa shape index (κ3) is 5.60. The molecule has 0 atom stereocenters. The molecule has 0 aromatic rings. The van der Waals surface area contributed by atoms with E-state index in [1.165, 1.54) is 8.61 Å². The van der Waals surface area contributed by atoms with E-state index in [4.69, 9.17) is 18.0 Å². The van der Waals surface area contributed by atoms with Gasteiger partial charge in [-0.05, 0) is 5.92 Å². The Balaban J connectivity index is 4.97. The van der Waals surface area contributed by atoms with Gasteiger partial charge < -0.3 is 5.73 Å². The van der Waals surface area contributed by atoms with Crippen molar-refractivity contribution in [1.29, 1.82) is 0 Å². The molecule has 18 heavy (non-hydrogen) atoms. The first-order valence-electron chi connectivity index (χ1n) is 6.29. The first-order chi connectivity index (χ1) is 8.25. The molecule has 0 rings (SSSR count). The minimum atomic E-state index is -3.40. The number of hydrogen-bond donors (Lipinski definition) is 1. The summed E-state index contributed by atoms with van der Waals surface area (Å²) in [6.07, 6.45) is 0.419. The summed E-state index contributed by atoms with van der Waals surface area (Å²) in [4.78, 5) is 0.346. The summed E-state index contributed by atoms with van der Waals surface area (Å²) in [5.74, 6) is 0.265. The predicted octanol–water partition coefficient (Wildman–Crippen LogP) is 1.21. The van der Waals surface area contributed by atoms with Gasteiger partial charge in [-0.2, -0.15) is 17.0 Å². The van der Waals surface area contributed by atoms with Crippen LogP contribution in [0.4, 0.5) is 0 Å². The summed E-state index contributed by atoms with van der Waals surface area (Å²) >= 11 is 4.82. The van der Waals surface area contributed by atoms with Gasteiger partial charge in [0.1, 0.15) is 0 Å². The van der Waals surface area contributed by atoms with Crippen molar-refractivity contribution in [2.45, 2.75) is 34.1 Å². The maximum absolute atomic E-state index is 12.4. The quantitative estimate of drug-likeness (QED) is 0.649. The van der Waals surface area contributed by atoms with Crippen LogP contribution in [0.5, 0.6) is 0 Å². The lowest BCUT2D eigenvalue weighted by atomic mass is 10.2. The van der Waals surface area contributed by atoms with E-state index in [1.807, 2.05) is 27.7 Å². The van der Waals surface area contributed by atoms with E-state index in [-0.39, 0.29) is 5.92 Å². The molecule has 0 aliphatic heterocycles. The zero-order valence-corrected chi connectivity index (χ0v) is 13.4. The Morgan fingerprint density at radius 3 is 2.06 bits per heavy atom. The zero-order chi connectivity index (χ0) is 14.3. The highest BCUT2D eigenvalue weighted by Gasteiger charge is 2.27. The van der Waals surface area contributed by atoms with Crippen LogP contribution in [-0.2, 0) is 10.2 Å². The zero-order valence-electron chi connectivity index (χ0n) is 11.7. The highest BCUT2D eigenvalue weighted by atomic mass is 32.2. The lowest BCUT2D eigenvalue weighted by molar-refractivity contribution is 0.328. The number of nitrogens with two attached hydrogens (primary N) is 1. The lowest BCUT2D eigenvalue weighted by Gasteiger charge is -2.29. The highest BCUT2D eigenvalue weighted by molar-refractivity contribution is 7.86. The van der Waals surface area contributed by atoms with E-state index < -0.39 is 10.2 Å². The number of nitrogens with zero attached hydrogens (tertiary/aromatic N) is 2. The number of rotatable bonds is 9. The van der Waals surface area contributed by atoms with Crippen LogP contribution in [0.15, 0.2) is 0 Å². The second kappa shape index (κ2) is 8.04. The minimum absolute atomic E-state index is 0.265. The molecule has 0 aliphatic rings. The summed E-state index contributed by atoms with van der Waals surface area (Å²) in [5.41, 5.74) is 5.45. The van der Waals surface area contributed by atoms with Crippen molar-refractivity contribution in [2.75, 3.05) is 26.2 Å². The molecule has 5 nitrogen and oxygen atoms in total. The van der Waals surface area contributed by atoms with E-state index in [9.17, 15) is 8.42 Å². The molecule has 0 aromatic heterocycles. The van der Waals surface area contributed by atoms with Gasteiger partial charge >= 0.3 is 0 Å². The Kier molecular flexibility index (Phi) is 7.93. The average molecular weight is 295 g/mol. The predicted molar refractivity (Wildman–Crippen MR) is 79.7 cm³/mol. The Labute approximate surface area is 117 Å². The monoisotopic (exact) mass is 295 g/mol. The Morgan fingerprint density at radius 2 is 1.72 bits per heavy atom. The van der Waals surface area contributed by atoms with Gasteiger partial charge in [0.15, 0.2) is 0 Å². The standard InChI is InChI=1S/C11H25N3O2S2/c1-5-13(6-2)18(15,16)14(9-10(3)4)8-7-11(12)17/h10H,5-9H2,1-4H3,(H2,12,17). The van der Waals surface area contributed by atoms with Crippen LogP contribution in [0.25, 0.3) is 0 Å². The molecule has 0 radical (unpaired) electrons. The molecule has 0 saturated heterocycles. The first kappa shape index (κ1) is 17.8. The number of hydrogen-bond acceptors (Lipinski definition) is 3. The molecule has 0 spiro atoms.